The van der Waals surface area contributed by atoms with Crippen LogP contribution in [0.1, 0.15) is 40.0 Å². The summed E-state index contributed by atoms with van der Waals surface area (Å²) in [7, 11) is 0. The zero-order chi connectivity index (χ0) is 14.3. The lowest BCUT2D eigenvalue weighted by Crippen LogP contribution is -2.41. The predicted molar refractivity (Wildman–Crippen MR) is 80.9 cm³/mol. The number of nitrogens with zero attached hydrogens (tertiary/aromatic N) is 1. The van der Waals surface area contributed by atoms with Gasteiger partial charge >= 0.3 is 24.3 Å². The van der Waals surface area contributed by atoms with Gasteiger partial charge in [0.25, 0.3) is 0 Å². The molecule has 19 heavy (non-hydrogen) atoms. The zero-order valence-corrected chi connectivity index (χ0v) is 15.3. The van der Waals surface area contributed by atoms with Gasteiger partial charge < -0.3 is 27.3 Å². The molecule has 0 aromatic carbocycles. The van der Waals surface area contributed by atoms with E-state index in [-0.39, 0.29) is 30.3 Å². The molecule has 0 N–H and O–H groups in total. The smallest absolute Gasteiger partial charge is 0.444 e. The third-order valence-electron chi connectivity index (χ3n) is 2.99. The highest BCUT2D eigenvalue weighted by atomic mass is 79.9. The second kappa shape index (κ2) is 8.69. The number of amides is 1. The first-order valence-corrected chi connectivity index (χ1v) is 12.0. The Morgan fingerprint density at radius 3 is 2.84 bits per heavy atom. The lowest BCUT2D eigenvalue weighted by atomic mass is 10.2. The standard InChI is InChI=1S/C13H24NO3.BrH.Mg/c1-5-9-16-10-11-7-6-8-14(11)12(15)17-13(2,3)4;;/h11H,1,5-10H2,2-4H3;1H;/q;;+1/p-1/t11-;;/m0../s1. The van der Waals surface area contributed by atoms with Gasteiger partial charge in [0, 0.05) is 13.2 Å². The van der Waals surface area contributed by atoms with Gasteiger partial charge in [-0.15, -0.1) is 4.55 Å². The summed E-state index contributed by atoms with van der Waals surface area (Å²) in [4.78, 5) is 13.9. The molecular formula is C13H24BrMgNO3. The Morgan fingerprint density at radius 1 is 1.47 bits per heavy atom. The third kappa shape index (κ3) is 7.16. The van der Waals surface area contributed by atoms with Gasteiger partial charge in [-0.3, -0.25) is 0 Å². The van der Waals surface area contributed by atoms with Crippen molar-refractivity contribution < 1.29 is 14.3 Å². The molecule has 0 aliphatic carbocycles. The molecule has 108 valence electrons. The molecule has 1 atom stereocenters. The summed E-state index contributed by atoms with van der Waals surface area (Å²) in [6, 6.07) is 0.191. The number of rotatable bonds is 6. The quantitative estimate of drug-likeness (QED) is 0.547. The van der Waals surface area contributed by atoms with Crippen LogP contribution in [-0.2, 0) is 9.47 Å². The van der Waals surface area contributed by atoms with Crippen LogP contribution in [0.2, 0.25) is 4.55 Å². The van der Waals surface area contributed by atoms with Gasteiger partial charge in [0.05, 0.1) is 12.6 Å². The second-order valence-corrected chi connectivity index (χ2v) is 9.40. The first kappa shape index (κ1) is 17.5. The molecule has 1 fully saturated rings. The largest absolute Gasteiger partial charge is 0.468 e. The Morgan fingerprint density at radius 2 is 2.21 bits per heavy atom. The van der Waals surface area contributed by atoms with Crippen LogP contribution in [0.15, 0.2) is 0 Å². The van der Waals surface area contributed by atoms with E-state index < -0.39 is 5.60 Å². The highest BCUT2D eigenvalue weighted by Crippen LogP contribution is 2.21. The highest BCUT2D eigenvalue weighted by molar-refractivity contribution is 9.23. The molecule has 0 saturated carbocycles. The maximum absolute atomic E-state index is 12.1. The van der Waals surface area contributed by atoms with Crippen molar-refractivity contribution in [3.63, 3.8) is 0 Å². The maximum atomic E-state index is 12.1. The van der Waals surface area contributed by atoms with E-state index in [9.17, 15) is 4.79 Å². The molecule has 1 amide bonds. The highest BCUT2D eigenvalue weighted by Gasteiger charge is 2.32. The van der Waals surface area contributed by atoms with E-state index >= 15 is 0 Å². The lowest BCUT2D eigenvalue weighted by Gasteiger charge is -2.28. The minimum atomic E-state index is -0.425. The van der Waals surface area contributed by atoms with Gasteiger partial charge in [-0.1, -0.05) is 6.42 Å². The molecule has 6 heteroatoms. The Bertz CT molecular complexity index is 284. The summed E-state index contributed by atoms with van der Waals surface area (Å²) in [5, 5.41) is 0. The number of hydrogen-bond donors (Lipinski definition) is 0. The Kier molecular flexibility index (Phi) is 8.02. The van der Waals surface area contributed by atoms with Crippen LogP contribution in [0, 0.1) is 0 Å². The van der Waals surface area contributed by atoms with Crippen molar-refractivity contribution in [1.29, 1.82) is 0 Å². The van der Waals surface area contributed by atoms with Crippen molar-refractivity contribution in [2.75, 3.05) is 19.8 Å². The third-order valence-corrected chi connectivity index (χ3v) is 5.44. The van der Waals surface area contributed by atoms with Gasteiger partial charge in [-0.25, -0.2) is 4.79 Å². The number of carbonyl (C=O) groups is 1. The fraction of sp³-hybridized carbons (Fsp3) is 0.923. The number of ether oxygens (including phenoxy) is 2. The second-order valence-electron chi connectivity index (χ2n) is 5.94. The van der Waals surface area contributed by atoms with E-state index in [1.54, 1.807) is 0 Å². The van der Waals surface area contributed by atoms with E-state index in [0.717, 1.165) is 32.4 Å². The average Bonchev–Trinajstić information content (AvgIpc) is 2.75. The van der Waals surface area contributed by atoms with Crippen LogP contribution in [0.3, 0.4) is 0 Å². The molecule has 4 nitrogen and oxygen atoms in total. The number of hydrogen-bond acceptors (Lipinski definition) is 3. The average molecular weight is 347 g/mol. The van der Waals surface area contributed by atoms with Crippen LogP contribution in [0.5, 0.6) is 0 Å². The summed E-state index contributed by atoms with van der Waals surface area (Å²) in [6.45, 7) is 7.93. The molecule has 1 aliphatic heterocycles. The van der Waals surface area contributed by atoms with Gasteiger partial charge in [0.2, 0.25) is 0 Å². The normalized spacial score (nSPS) is 19.4. The van der Waals surface area contributed by atoms with E-state index in [1.807, 2.05) is 25.7 Å². The fourth-order valence-electron chi connectivity index (χ4n) is 2.09. The van der Waals surface area contributed by atoms with Crippen molar-refractivity contribution in [2.24, 2.45) is 0 Å². The molecule has 1 aliphatic rings. The fourth-order valence-corrected chi connectivity index (χ4v) is 3.67. The maximum Gasteiger partial charge on any atom is 0.468 e. The van der Waals surface area contributed by atoms with Crippen LogP contribution < -0.4 is 0 Å². The van der Waals surface area contributed by atoms with Crippen molar-refractivity contribution in [2.45, 2.75) is 56.2 Å². The van der Waals surface area contributed by atoms with E-state index in [0.29, 0.717) is 6.61 Å². The summed E-state index contributed by atoms with van der Waals surface area (Å²) in [5.41, 5.74) is -0.425. The van der Waals surface area contributed by atoms with Crippen molar-refractivity contribution in [3.8, 4) is 0 Å². The van der Waals surface area contributed by atoms with Crippen LogP contribution in [-0.4, -0.2) is 60.6 Å². The molecule has 0 bridgehead atoms. The molecular weight excluding hydrogens is 322 g/mol. The molecule has 1 saturated heterocycles. The molecule has 0 aromatic rings. The predicted octanol–water partition coefficient (Wildman–Crippen LogP) is 3.23. The Balaban J connectivity index is 2.31. The molecule has 1 rings (SSSR count). The SMILES string of the molecule is CC(C)(C)OC(=O)N1CCC[C@H]1COCC[CH2][Mg][Br]. The first-order chi connectivity index (χ1) is 8.94. The molecule has 0 radical (unpaired) electrons. The van der Waals surface area contributed by atoms with Crippen molar-refractivity contribution in [3.05, 3.63) is 0 Å². The summed E-state index contributed by atoms with van der Waals surface area (Å²) in [6.07, 6.45) is 2.98. The summed E-state index contributed by atoms with van der Waals surface area (Å²) >= 11 is 3.51. The van der Waals surface area contributed by atoms with Crippen LogP contribution in [0.25, 0.3) is 0 Å². The minimum absolute atomic E-state index is 0.0263. The lowest BCUT2D eigenvalue weighted by molar-refractivity contribution is 0.0107. The number of carbonyl (C=O) groups excluding carboxylic acids is 1. The Hall–Kier alpha value is 0.476. The summed E-state index contributed by atoms with van der Waals surface area (Å²) in [5.74, 6) is 0. The van der Waals surface area contributed by atoms with Crippen LogP contribution in [0.4, 0.5) is 4.79 Å². The van der Waals surface area contributed by atoms with E-state index in [4.69, 9.17) is 9.47 Å². The van der Waals surface area contributed by atoms with Crippen LogP contribution >= 0.6 is 12.9 Å². The van der Waals surface area contributed by atoms with Gasteiger partial charge in [-0.05, 0) is 33.6 Å². The number of likely N-dealkylation sites (tertiary alicyclic amines) is 1. The monoisotopic (exact) mass is 345 g/mol. The minimum Gasteiger partial charge on any atom is -0.444 e. The molecule has 0 unspecified atom stereocenters. The van der Waals surface area contributed by atoms with Gasteiger partial charge in [0.15, 0.2) is 0 Å². The number of halogens is 1. The van der Waals surface area contributed by atoms with Crippen molar-refractivity contribution >= 4 is 37.2 Å². The van der Waals surface area contributed by atoms with Gasteiger partial charge in [-0.2, -0.15) is 0 Å². The topological polar surface area (TPSA) is 38.8 Å². The first-order valence-electron chi connectivity index (χ1n) is 7.07. The molecule has 0 aromatic heterocycles. The van der Waals surface area contributed by atoms with Crippen molar-refractivity contribution in [1.82, 2.24) is 4.90 Å². The Labute approximate surface area is 132 Å². The van der Waals surface area contributed by atoms with Gasteiger partial charge in [0.1, 0.15) is 5.60 Å². The molecule has 1 heterocycles. The molecule has 0 spiro atoms. The zero-order valence-electron chi connectivity index (χ0n) is 12.3. The summed E-state index contributed by atoms with van der Waals surface area (Å²) < 4.78 is 12.4. The van der Waals surface area contributed by atoms with E-state index in [2.05, 4.69) is 12.9 Å². The van der Waals surface area contributed by atoms with E-state index in [1.165, 1.54) is 4.55 Å².